The van der Waals surface area contributed by atoms with Crippen molar-refractivity contribution in [3.8, 4) is 5.75 Å². The first-order chi connectivity index (χ1) is 8.10. The topological polar surface area (TPSA) is 96.0 Å². The van der Waals surface area contributed by atoms with Crippen molar-refractivity contribution in [2.75, 3.05) is 6.61 Å². The van der Waals surface area contributed by atoms with E-state index in [-0.39, 0.29) is 6.61 Å². The molecule has 1 aromatic carbocycles. The van der Waals surface area contributed by atoms with Crippen molar-refractivity contribution in [2.45, 2.75) is 12.6 Å². The molecule has 1 aromatic rings. The molecule has 17 heavy (non-hydrogen) atoms. The molecule has 0 saturated heterocycles. The molecule has 1 heterocycles. The zero-order valence-electron chi connectivity index (χ0n) is 9.07. The summed E-state index contributed by atoms with van der Waals surface area (Å²) in [5.41, 5.74) is -0.104. The van der Waals surface area contributed by atoms with Crippen LogP contribution in [-0.2, 0) is 10.5 Å². The Kier molecular flexibility index (Phi) is 2.82. The highest BCUT2D eigenvalue weighted by molar-refractivity contribution is 5.68. The van der Waals surface area contributed by atoms with Gasteiger partial charge in [0.25, 0.3) is 0 Å². The van der Waals surface area contributed by atoms with Crippen LogP contribution in [0.3, 0.4) is 0 Å². The highest BCUT2D eigenvalue weighted by Crippen LogP contribution is 2.33. The number of carbonyl (C=O) groups is 1. The molecule has 0 radical (unpaired) electrons. The van der Waals surface area contributed by atoms with E-state index in [1.54, 1.807) is 31.2 Å². The van der Waals surface area contributed by atoms with E-state index >= 15 is 0 Å². The van der Waals surface area contributed by atoms with Gasteiger partial charge in [0.2, 0.25) is 5.66 Å². The second-order valence-electron chi connectivity index (χ2n) is 3.61. The van der Waals surface area contributed by atoms with Gasteiger partial charge in [0.1, 0.15) is 5.75 Å². The maximum atomic E-state index is 10.4. The molecule has 0 unspecified atom stereocenters. The summed E-state index contributed by atoms with van der Waals surface area (Å²) >= 11 is 0. The normalized spacial score (nSPS) is 16.1. The largest absolute Gasteiger partial charge is 0.482 e. The smallest absolute Gasteiger partial charge is 0.341 e. The quantitative estimate of drug-likeness (QED) is 0.864. The molecule has 0 atom stereocenters. The molecular weight excluding hydrogens is 224 g/mol. The van der Waals surface area contributed by atoms with Gasteiger partial charge in [0, 0.05) is 5.56 Å². The number of hydrogen-bond acceptors (Lipinski definition) is 6. The summed E-state index contributed by atoms with van der Waals surface area (Å²) in [5, 5.41) is 23.2. The molecule has 1 aliphatic heterocycles. The summed E-state index contributed by atoms with van der Waals surface area (Å²) < 4.78 is 5.07. The van der Waals surface area contributed by atoms with Crippen LogP contribution in [0.4, 0.5) is 0 Å². The summed E-state index contributed by atoms with van der Waals surface area (Å²) in [4.78, 5) is 10.4. The van der Waals surface area contributed by atoms with E-state index in [2.05, 4.69) is 20.7 Å². The van der Waals surface area contributed by atoms with Crippen LogP contribution in [0, 0.1) is 0 Å². The second-order valence-corrected chi connectivity index (χ2v) is 3.61. The van der Waals surface area contributed by atoms with Gasteiger partial charge in [-0.15, -0.1) is 10.2 Å². The number of hydrogen-bond donors (Lipinski definition) is 1. The van der Waals surface area contributed by atoms with Crippen molar-refractivity contribution in [1.82, 2.24) is 0 Å². The molecule has 7 nitrogen and oxygen atoms in total. The molecule has 0 fully saturated rings. The van der Waals surface area contributed by atoms with E-state index in [9.17, 15) is 4.79 Å². The first kappa shape index (κ1) is 11.2. The van der Waals surface area contributed by atoms with Crippen LogP contribution in [0.1, 0.15) is 12.5 Å². The molecule has 2 rings (SSSR count). The lowest BCUT2D eigenvalue weighted by molar-refractivity contribution is -0.139. The van der Waals surface area contributed by atoms with Gasteiger partial charge >= 0.3 is 5.97 Å². The first-order valence-corrected chi connectivity index (χ1v) is 4.89. The number of rotatable bonds is 4. The Labute approximate surface area is 96.8 Å². The Balaban J connectivity index is 2.20. The minimum Gasteiger partial charge on any atom is -0.482 e. The number of carboxylic acid groups (broad SMARTS) is 1. The van der Waals surface area contributed by atoms with E-state index < -0.39 is 11.6 Å². The molecule has 0 aliphatic carbocycles. The maximum absolute atomic E-state index is 10.4. The van der Waals surface area contributed by atoms with Gasteiger partial charge in [-0.3, -0.25) is 0 Å². The highest BCUT2D eigenvalue weighted by atomic mass is 16.5. The van der Waals surface area contributed by atoms with Crippen LogP contribution in [0.5, 0.6) is 5.75 Å². The molecule has 0 aromatic heterocycles. The van der Waals surface area contributed by atoms with Crippen molar-refractivity contribution in [3.05, 3.63) is 29.8 Å². The maximum Gasteiger partial charge on any atom is 0.341 e. The van der Waals surface area contributed by atoms with Crippen molar-refractivity contribution in [3.63, 3.8) is 0 Å². The Hall–Kier alpha value is -2.31. The van der Waals surface area contributed by atoms with Crippen molar-refractivity contribution >= 4 is 5.97 Å². The van der Waals surface area contributed by atoms with Gasteiger partial charge in [-0.25, -0.2) is 4.79 Å². The Morgan fingerprint density at radius 3 is 2.76 bits per heavy atom. The van der Waals surface area contributed by atoms with Crippen LogP contribution in [-0.4, -0.2) is 17.7 Å². The predicted octanol–water partition coefficient (Wildman–Crippen LogP) is 2.16. The van der Waals surface area contributed by atoms with E-state index in [0.717, 1.165) is 5.56 Å². The number of carboxylic acids is 1. The van der Waals surface area contributed by atoms with Crippen LogP contribution >= 0.6 is 0 Å². The Morgan fingerprint density at radius 1 is 1.41 bits per heavy atom. The van der Waals surface area contributed by atoms with Crippen molar-refractivity contribution in [1.29, 1.82) is 0 Å². The highest BCUT2D eigenvalue weighted by Gasteiger charge is 2.29. The van der Waals surface area contributed by atoms with Crippen LogP contribution in [0.2, 0.25) is 0 Å². The Morgan fingerprint density at radius 2 is 2.12 bits per heavy atom. The lowest BCUT2D eigenvalue weighted by atomic mass is 10.0. The minimum absolute atomic E-state index is 0.386. The molecule has 0 saturated carbocycles. The minimum atomic E-state index is -1.03. The summed E-state index contributed by atoms with van der Waals surface area (Å²) in [6.07, 6.45) is 0. The van der Waals surface area contributed by atoms with Crippen molar-refractivity contribution < 1.29 is 14.6 Å². The lowest BCUT2D eigenvalue weighted by Crippen LogP contribution is -2.14. The second kappa shape index (κ2) is 4.28. The lowest BCUT2D eigenvalue weighted by Gasteiger charge is -2.14. The van der Waals surface area contributed by atoms with Gasteiger partial charge in [-0.2, -0.15) is 0 Å². The molecule has 0 amide bonds. The third kappa shape index (κ3) is 2.44. The molecule has 0 spiro atoms. The summed E-state index contributed by atoms with van der Waals surface area (Å²) in [6, 6.07) is 6.88. The summed E-state index contributed by atoms with van der Waals surface area (Å²) in [6.45, 7) is 1.37. The average Bonchev–Trinajstić information content (AvgIpc) is 2.75. The van der Waals surface area contributed by atoms with Gasteiger partial charge in [-0.1, -0.05) is 12.1 Å². The fourth-order valence-electron chi connectivity index (χ4n) is 1.38. The first-order valence-electron chi connectivity index (χ1n) is 4.89. The third-order valence-corrected chi connectivity index (χ3v) is 2.26. The van der Waals surface area contributed by atoms with Gasteiger partial charge < -0.3 is 9.84 Å². The molecular formula is C10H10N4O3. The fourth-order valence-corrected chi connectivity index (χ4v) is 1.38. The number of benzene rings is 1. The van der Waals surface area contributed by atoms with Crippen LogP contribution in [0.25, 0.3) is 0 Å². The van der Waals surface area contributed by atoms with Crippen LogP contribution in [0.15, 0.2) is 44.9 Å². The van der Waals surface area contributed by atoms with E-state index in [1.165, 1.54) is 0 Å². The molecule has 88 valence electrons. The third-order valence-electron chi connectivity index (χ3n) is 2.26. The van der Waals surface area contributed by atoms with Crippen LogP contribution < -0.4 is 4.74 Å². The fraction of sp³-hybridized carbons (Fsp3) is 0.300. The van der Waals surface area contributed by atoms with Crippen molar-refractivity contribution in [2.24, 2.45) is 20.7 Å². The number of nitrogens with zero attached hydrogens (tertiary/aromatic N) is 4. The summed E-state index contributed by atoms with van der Waals surface area (Å²) in [5.74, 6) is -0.578. The predicted molar refractivity (Wildman–Crippen MR) is 56.6 cm³/mol. The molecule has 7 heteroatoms. The molecule has 1 N–H and O–H groups in total. The zero-order chi connectivity index (χ0) is 12.3. The SMILES string of the molecule is CC1(c2cccc(OCC(=O)O)c2)N=NN=N1. The Bertz CT molecular complexity index is 486. The zero-order valence-corrected chi connectivity index (χ0v) is 9.07. The molecule has 0 bridgehead atoms. The number of aliphatic carboxylic acids is 1. The van der Waals surface area contributed by atoms with E-state index in [0.29, 0.717) is 5.75 Å². The van der Waals surface area contributed by atoms with E-state index in [1.807, 2.05) is 0 Å². The summed E-state index contributed by atoms with van der Waals surface area (Å²) in [7, 11) is 0. The molecule has 1 aliphatic rings. The van der Waals surface area contributed by atoms with Gasteiger partial charge in [-0.05, 0) is 29.5 Å². The standard InChI is InChI=1S/C10H10N4O3/c1-10(11-13-14-12-10)7-3-2-4-8(5-7)17-6-9(15)16/h2-5H,6H2,1H3,(H,15,16). The van der Waals surface area contributed by atoms with Gasteiger partial charge in [0.15, 0.2) is 6.61 Å². The monoisotopic (exact) mass is 234 g/mol. The average molecular weight is 234 g/mol. The number of ether oxygens (including phenoxy) is 1. The van der Waals surface area contributed by atoms with E-state index in [4.69, 9.17) is 9.84 Å². The van der Waals surface area contributed by atoms with Gasteiger partial charge in [0.05, 0.1) is 0 Å².